The lowest BCUT2D eigenvalue weighted by Crippen LogP contribution is -2.47. The van der Waals surface area contributed by atoms with Gasteiger partial charge in [-0.25, -0.2) is 4.79 Å². The van der Waals surface area contributed by atoms with E-state index in [1.165, 1.54) is 10.1 Å². The highest BCUT2D eigenvalue weighted by atomic mass is 16.2. The molecule has 2 heterocycles. The van der Waals surface area contributed by atoms with Gasteiger partial charge in [0.2, 0.25) is 5.91 Å². The number of amides is 1. The minimum atomic E-state index is -0.315. The normalized spacial score (nSPS) is 14.3. The van der Waals surface area contributed by atoms with Crippen molar-refractivity contribution in [3.63, 3.8) is 0 Å². The standard InChI is InChI=1S/C29H36N4O3/c1-5-22-10-9-11-24(18-22)30-27(34)23-14-16-31(17-15-23)26-21(4)33(25-12-7-6-8-13-25)29(36)32(28(26)35)19-20(2)3/h6-13,18,20,23H,5,14-17,19H2,1-4H3,(H,30,34). The molecule has 0 bridgehead atoms. The third kappa shape index (κ3) is 5.30. The molecule has 0 saturated carbocycles. The first-order valence-electron chi connectivity index (χ1n) is 12.9. The number of hydrogen-bond acceptors (Lipinski definition) is 4. The molecule has 0 spiro atoms. The summed E-state index contributed by atoms with van der Waals surface area (Å²) in [6.07, 6.45) is 2.21. The van der Waals surface area contributed by atoms with Crippen molar-refractivity contribution in [2.24, 2.45) is 11.8 Å². The Morgan fingerprint density at radius 3 is 2.36 bits per heavy atom. The van der Waals surface area contributed by atoms with Gasteiger partial charge >= 0.3 is 5.69 Å². The second-order valence-corrected chi connectivity index (χ2v) is 10.0. The van der Waals surface area contributed by atoms with Gasteiger partial charge in [-0.1, -0.05) is 51.1 Å². The molecule has 0 atom stereocenters. The Morgan fingerprint density at radius 2 is 1.72 bits per heavy atom. The number of carbonyl (C=O) groups excluding carboxylic acids is 1. The van der Waals surface area contributed by atoms with Crippen LogP contribution in [0.3, 0.4) is 0 Å². The molecule has 1 amide bonds. The summed E-state index contributed by atoms with van der Waals surface area (Å²) in [6, 6.07) is 17.4. The van der Waals surface area contributed by atoms with E-state index in [0.717, 1.165) is 17.8 Å². The van der Waals surface area contributed by atoms with Gasteiger partial charge in [0.15, 0.2) is 0 Å². The van der Waals surface area contributed by atoms with Crippen LogP contribution in [-0.2, 0) is 17.8 Å². The number of aryl methyl sites for hydroxylation is 1. The molecular weight excluding hydrogens is 452 g/mol. The maximum absolute atomic E-state index is 13.6. The zero-order valence-corrected chi connectivity index (χ0v) is 21.7. The molecule has 7 nitrogen and oxygen atoms in total. The van der Waals surface area contributed by atoms with E-state index in [1.807, 2.05) is 69.3 Å². The van der Waals surface area contributed by atoms with Crippen molar-refractivity contribution in [1.82, 2.24) is 9.13 Å². The van der Waals surface area contributed by atoms with Crippen molar-refractivity contribution in [2.45, 2.75) is 53.5 Å². The number of nitrogens with one attached hydrogen (secondary N) is 1. The van der Waals surface area contributed by atoms with E-state index in [9.17, 15) is 14.4 Å². The number of para-hydroxylation sites is 1. The summed E-state index contributed by atoms with van der Waals surface area (Å²) >= 11 is 0. The summed E-state index contributed by atoms with van der Waals surface area (Å²) in [5.41, 5.74) is 3.36. The molecule has 1 aromatic heterocycles. The molecular formula is C29H36N4O3. The van der Waals surface area contributed by atoms with Crippen molar-refractivity contribution in [1.29, 1.82) is 0 Å². The summed E-state index contributed by atoms with van der Waals surface area (Å²) in [4.78, 5) is 42.0. The van der Waals surface area contributed by atoms with E-state index in [1.54, 1.807) is 4.57 Å². The monoisotopic (exact) mass is 488 g/mol. The van der Waals surface area contributed by atoms with E-state index < -0.39 is 0 Å². The zero-order chi connectivity index (χ0) is 25.8. The number of carbonyl (C=O) groups is 1. The number of aromatic nitrogens is 2. The van der Waals surface area contributed by atoms with Crippen molar-refractivity contribution >= 4 is 17.3 Å². The molecule has 0 unspecified atom stereocenters. The van der Waals surface area contributed by atoms with Crippen LogP contribution in [0.15, 0.2) is 64.2 Å². The van der Waals surface area contributed by atoms with Crippen LogP contribution < -0.4 is 21.5 Å². The van der Waals surface area contributed by atoms with E-state index in [4.69, 9.17) is 0 Å². The van der Waals surface area contributed by atoms with Gasteiger partial charge in [-0.3, -0.25) is 18.7 Å². The Bertz CT molecular complexity index is 1330. The molecule has 0 aliphatic carbocycles. The molecule has 1 fully saturated rings. The minimum absolute atomic E-state index is 0.0195. The molecule has 2 aromatic carbocycles. The predicted octanol–water partition coefficient (Wildman–Crippen LogP) is 4.38. The maximum atomic E-state index is 13.6. The number of piperidine rings is 1. The first-order valence-corrected chi connectivity index (χ1v) is 12.9. The number of benzene rings is 2. The molecule has 3 aromatic rings. The quantitative estimate of drug-likeness (QED) is 0.536. The van der Waals surface area contributed by atoms with Crippen molar-refractivity contribution in [3.05, 3.63) is 86.7 Å². The molecule has 0 radical (unpaired) electrons. The summed E-state index contributed by atoms with van der Waals surface area (Å²) in [5, 5.41) is 3.06. The lowest BCUT2D eigenvalue weighted by atomic mass is 9.95. The van der Waals surface area contributed by atoms with Crippen LogP contribution in [0.5, 0.6) is 0 Å². The van der Waals surface area contributed by atoms with Crippen LogP contribution >= 0.6 is 0 Å². The average molecular weight is 489 g/mol. The Labute approximate surface area is 212 Å². The number of anilines is 2. The van der Waals surface area contributed by atoms with Crippen LogP contribution in [0.1, 0.15) is 44.9 Å². The van der Waals surface area contributed by atoms with Gasteiger partial charge in [0.1, 0.15) is 5.69 Å². The fourth-order valence-electron chi connectivity index (χ4n) is 4.99. The van der Waals surface area contributed by atoms with Gasteiger partial charge in [-0.05, 0) is 61.9 Å². The summed E-state index contributed by atoms with van der Waals surface area (Å²) < 4.78 is 3.00. The molecule has 1 aliphatic heterocycles. The van der Waals surface area contributed by atoms with Crippen molar-refractivity contribution in [2.75, 3.05) is 23.3 Å². The molecule has 190 valence electrons. The maximum Gasteiger partial charge on any atom is 0.335 e. The SMILES string of the molecule is CCc1cccc(NC(=O)C2CCN(c3c(C)n(-c4ccccc4)c(=O)n(CC(C)C)c3=O)CC2)c1. The Morgan fingerprint density at radius 1 is 1.03 bits per heavy atom. The van der Waals surface area contributed by atoms with Crippen LogP contribution in [-0.4, -0.2) is 28.1 Å². The summed E-state index contributed by atoms with van der Waals surface area (Å²) in [7, 11) is 0. The Kier molecular flexibility index (Phi) is 7.77. The van der Waals surface area contributed by atoms with E-state index in [-0.39, 0.29) is 29.0 Å². The Hall–Kier alpha value is -3.61. The van der Waals surface area contributed by atoms with Crippen LogP contribution in [0.4, 0.5) is 11.4 Å². The minimum Gasteiger partial charge on any atom is -0.366 e. The second kappa shape index (κ2) is 11.0. The first kappa shape index (κ1) is 25.5. The third-order valence-electron chi connectivity index (χ3n) is 6.89. The summed E-state index contributed by atoms with van der Waals surface area (Å²) in [5.74, 6) is 0.0479. The number of rotatable bonds is 7. The van der Waals surface area contributed by atoms with Crippen LogP contribution in [0.2, 0.25) is 0 Å². The van der Waals surface area contributed by atoms with Gasteiger partial charge in [-0.2, -0.15) is 0 Å². The highest BCUT2D eigenvalue weighted by Crippen LogP contribution is 2.25. The van der Waals surface area contributed by atoms with Gasteiger partial charge < -0.3 is 10.2 Å². The van der Waals surface area contributed by atoms with Crippen molar-refractivity contribution < 1.29 is 4.79 Å². The second-order valence-electron chi connectivity index (χ2n) is 10.0. The van der Waals surface area contributed by atoms with E-state index >= 15 is 0 Å². The Balaban J connectivity index is 1.60. The lowest BCUT2D eigenvalue weighted by molar-refractivity contribution is -0.120. The van der Waals surface area contributed by atoms with Crippen molar-refractivity contribution in [3.8, 4) is 5.69 Å². The highest BCUT2D eigenvalue weighted by Gasteiger charge is 2.29. The van der Waals surface area contributed by atoms with E-state index in [0.29, 0.717) is 43.9 Å². The highest BCUT2D eigenvalue weighted by molar-refractivity contribution is 5.92. The zero-order valence-electron chi connectivity index (χ0n) is 21.7. The summed E-state index contributed by atoms with van der Waals surface area (Å²) in [6.45, 7) is 9.44. The third-order valence-corrected chi connectivity index (χ3v) is 6.89. The fraction of sp³-hybridized carbons (Fsp3) is 0.414. The lowest BCUT2D eigenvalue weighted by Gasteiger charge is -2.34. The topological polar surface area (TPSA) is 76.3 Å². The fourth-order valence-corrected chi connectivity index (χ4v) is 4.99. The molecule has 4 rings (SSSR count). The first-order chi connectivity index (χ1) is 17.3. The molecule has 7 heteroatoms. The molecule has 1 saturated heterocycles. The van der Waals surface area contributed by atoms with Crippen LogP contribution in [0, 0.1) is 18.8 Å². The van der Waals surface area contributed by atoms with Gasteiger partial charge in [0, 0.05) is 31.2 Å². The van der Waals surface area contributed by atoms with Gasteiger partial charge in [-0.15, -0.1) is 0 Å². The largest absolute Gasteiger partial charge is 0.366 e. The van der Waals surface area contributed by atoms with Gasteiger partial charge in [0.05, 0.1) is 11.4 Å². The van der Waals surface area contributed by atoms with E-state index in [2.05, 4.69) is 23.2 Å². The number of hydrogen-bond donors (Lipinski definition) is 1. The smallest absolute Gasteiger partial charge is 0.335 e. The molecule has 1 N–H and O–H groups in total. The average Bonchev–Trinajstić information content (AvgIpc) is 2.87. The predicted molar refractivity (Wildman–Crippen MR) is 145 cm³/mol. The molecule has 36 heavy (non-hydrogen) atoms. The number of nitrogens with zero attached hydrogens (tertiary/aromatic N) is 3. The molecule has 1 aliphatic rings. The van der Waals surface area contributed by atoms with Gasteiger partial charge in [0.25, 0.3) is 5.56 Å². The van der Waals surface area contributed by atoms with Crippen LogP contribution in [0.25, 0.3) is 5.69 Å².